The molecule has 1 aromatic carbocycles. The van der Waals surface area contributed by atoms with Crippen LogP contribution in [0.15, 0.2) is 33.6 Å². The molecule has 20 heavy (non-hydrogen) atoms. The fourth-order valence-corrected chi connectivity index (χ4v) is 4.42. The van der Waals surface area contributed by atoms with Crippen molar-refractivity contribution in [1.82, 2.24) is 0 Å². The van der Waals surface area contributed by atoms with Crippen LogP contribution in [0.3, 0.4) is 0 Å². The number of hydrogen-bond donors (Lipinski definition) is 0. The largest absolute Gasteiger partial charge is 0.573 e. The van der Waals surface area contributed by atoms with Gasteiger partial charge in [-0.2, -0.15) is 0 Å². The van der Waals surface area contributed by atoms with Crippen molar-refractivity contribution in [2.24, 2.45) is 0 Å². The van der Waals surface area contributed by atoms with E-state index in [-0.39, 0.29) is 11.5 Å². The molecule has 1 aromatic rings. The number of thioether (sulfide) groups is 2. The van der Waals surface area contributed by atoms with Gasteiger partial charge >= 0.3 is 6.36 Å². The minimum absolute atomic E-state index is 0.0639. The van der Waals surface area contributed by atoms with E-state index in [9.17, 15) is 18.0 Å². The third kappa shape index (κ3) is 2.83. The second-order valence-corrected chi connectivity index (χ2v) is 6.48. The van der Waals surface area contributed by atoms with E-state index in [4.69, 9.17) is 0 Å². The van der Waals surface area contributed by atoms with Crippen LogP contribution in [0.1, 0.15) is 5.56 Å². The number of rotatable bonds is 1. The number of hydrogen-bond acceptors (Lipinski definition) is 4. The van der Waals surface area contributed by atoms with Gasteiger partial charge in [-0.3, -0.25) is 4.79 Å². The molecule has 0 saturated heterocycles. The van der Waals surface area contributed by atoms with E-state index in [1.165, 1.54) is 23.9 Å². The molecule has 2 heterocycles. The van der Waals surface area contributed by atoms with E-state index >= 15 is 0 Å². The first-order valence-electron chi connectivity index (χ1n) is 5.82. The van der Waals surface area contributed by atoms with Gasteiger partial charge in [-0.05, 0) is 29.7 Å². The Bertz CT molecular complexity index is 608. The number of allylic oxidation sites excluding steroid dienone is 1. The number of ketones is 1. The van der Waals surface area contributed by atoms with Crippen molar-refractivity contribution in [2.75, 3.05) is 11.5 Å². The second kappa shape index (κ2) is 5.04. The normalized spacial score (nSPS) is 18.6. The summed E-state index contributed by atoms with van der Waals surface area (Å²) in [5, 5.41) is 0. The van der Waals surface area contributed by atoms with Crippen LogP contribution in [0.25, 0.3) is 0 Å². The summed E-state index contributed by atoms with van der Waals surface area (Å²) in [7, 11) is 0. The van der Waals surface area contributed by atoms with Gasteiger partial charge in [0.25, 0.3) is 0 Å². The Kier molecular flexibility index (Phi) is 3.50. The minimum atomic E-state index is -4.70. The van der Waals surface area contributed by atoms with E-state index < -0.39 is 6.36 Å². The number of alkyl halides is 3. The summed E-state index contributed by atoms with van der Waals surface area (Å²) in [6.45, 7) is 0. The fraction of sp³-hybridized carbons (Fsp3) is 0.308. The molecule has 0 aliphatic carbocycles. The lowest BCUT2D eigenvalue weighted by molar-refractivity contribution is -0.274. The maximum atomic E-state index is 12.2. The summed E-state index contributed by atoms with van der Waals surface area (Å²) < 4.78 is 40.5. The zero-order chi connectivity index (χ0) is 14.3. The first-order chi connectivity index (χ1) is 9.42. The first-order valence-corrected chi connectivity index (χ1v) is 7.79. The highest BCUT2D eigenvalue weighted by Crippen LogP contribution is 2.43. The lowest BCUT2D eigenvalue weighted by Gasteiger charge is -2.25. The molecule has 0 radical (unpaired) electrons. The molecule has 0 fully saturated rings. The van der Waals surface area contributed by atoms with Crippen molar-refractivity contribution in [2.45, 2.75) is 17.7 Å². The SMILES string of the molecule is O=C1CSCC2=C1Sc1cc(OC(F)(F)F)ccc1C2. The van der Waals surface area contributed by atoms with Crippen molar-refractivity contribution in [3.63, 3.8) is 0 Å². The van der Waals surface area contributed by atoms with E-state index in [2.05, 4.69) is 4.74 Å². The Morgan fingerprint density at radius 3 is 2.75 bits per heavy atom. The molecular weight excluding hydrogens is 309 g/mol. The predicted octanol–water partition coefficient (Wildman–Crippen LogP) is 3.80. The number of benzene rings is 1. The average Bonchev–Trinajstić information content (AvgIpc) is 2.35. The fourth-order valence-electron chi connectivity index (χ4n) is 2.17. The highest BCUT2D eigenvalue weighted by Gasteiger charge is 2.32. The van der Waals surface area contributed by atoms with Crippen molar-refractivity contribution in [3.05, 3.63) is 34.2 Å². The van der Waals surface area contributed by atoms with Gasteiger partial charge in [0.15, 0.2) is 5.78 Å². The maximum absolute atomic E-state index is 12.2. The van der Waals surface area contributed by atoms with E-state index in [0.29, 0.717) is 22.0 Å². The first kappa shape index (κ1) is 13.9. The van der Waals surface area contributed by atoms with Gasteiger partial charge in [-0.25, -0.2) is 0 Å². The van der Waals surface area contributed by atoms with Crippen molar-refractivity contribution in [1.29, 1.82) is 0 Å². The molecule has 0 aromatic heterocycles. The van der Waals surface area contributed by atoms with Crippen LogP contribution in [0, 0.1) is 0 Å². The van der Waals surface area contributed by atoms with E-state index in [1.54, 1.807) is 17.8 Å². The van der Waals surface area contributed by atoms with Crippen LogP contribution in [0.2, 0.25) is 0 Å². The second-order valence-electron chi connectivity index (χ2n) is 4.44. The standard InChI is InChI=1S/C13H9F3O2S2/c14-13(15,16)18-9-2-1-7-3-8-5-19-6-10(17)12(8)20-11(7)4-9/h1-2,4H,3,5-6H2. The molecule has 0 saturated carbocycles. The van der Waals surface area contributed by atoms with E-state index in [0.717, 1.165) is 16.9 Å². The molecular formula is C13H9F3O2S2. The molecule has 0 unspecified atom stereocenters. The summed E-state index contributed by atoms with van der Waals surface area (Å²) in [5.41, 5.74) is 2.02. The summed E-state index contributed by atoms with van der Waals surface area (Å²) in [6.07, 6.45) is -4.07. The molecule has 2 aliphatic rings. The third-order valence-corrected chi connectivity index (χ3v) is 5.31. The summed E-state index contributed by atoms with van der Waals surface area (Å²) in [4.78, 5) is 13.2. The monoisotopic (exact) mass is 318 g/mol. The Morgan fingerprint density at radius 1 is 1.20 bits per heavy atom. The van der Waals surface area contributed by atoms with Gasteiger partial charge in [0, 0.05) is 10.6 Å². The number of Topliss-reactive ketones (excluding diaryl/α,β-unsaturated/α-hetero) is 1. The molecule has 0 spiro atoms. The van der Waals surface area contributed by atoms with Gasteiger partial charge in [0.1, 0.15) is 5.75 Å². The molecule has 3 rings (SSSR count). The topological polar surface area (TPSA) is 26.3 Å². The zero-order valence-electron chi connectivity index (χ0n) is 10.1. The lowest BCUT2D eigenvalue weighted by atomic mass is 10.0. The number of fused-ring (bicyclic) bond motifs is 1. The van der Waals surface area contributed by atoms with Gasteiger partial charge in [0.2, 0.25) is 0 Å². The van der Waals surface area contributed by atoms with Crippen LogP contribution >= 0.6 is 23.5 Å². The molecule has 0 N–H and O–H groups in total. The average molecular weight is 318 g/mol. The Hall–Kier alpha value is -1.08. The molecule has 0 bridgehead atoms. The molecule has 2 nitrogen and oxygen atoms in total. The predicted molar refractivity (Wildman–Crippen MR) is 72.0 cm³/mol. The quantitative estimate of drug-likeness (QED) is 0.787. The van der Waals surface area contributed by atoms with Crippen molar-refractivity contribution in [3.8, 4) is 5.75 Å². The van der Waals surface area contributed by atoms with Gasteiger partial charge in [-0.1, -0.05) is 17.8 Å². The Balaban J connectivity index is 1.89. The summed E-state index contributed by atoms with van der Waals surface area (Å²) >= 11 is 2.84. The van der Waals surface area contributed by atoms with Gasteiger partial charge < -0.3 is 4.74 Å². The number of halogens is 3. The molecule has 106 valence electrons. The van der Waals surface area contributed by atoms with Crippen molar-refractivity contribution >= 4 is 29.3 Å². The number of ether oxygens (including phenoxy) is 1. The van der Waals surface area contributed by atoms with Crippen molar-refractivity contribution < 1.29 is 22.7 Å². The minimum Gasteiger partial charge on any atom is -0.406 e. The van der Waals surface area contributed by atoms with Crippen LogP contribution in [-0.4, -0.2) is 23.7 Å². The summed E-state index contributed by atoms with van der Waals surface area (Å²) in [6, 6.07) is 4.31. The zero-order valence-corrected chi connectivity index (χ0v) is 11.8. The Labute approximate surface area is 121 Å². The third-order valence-electron chi connectivity index (χ3n) is 2.97. The molecule has 0 atom stereocenters. The van der Waals surface area contributed by atoms with Gasteiger partial charge in [-0.15, -0.1) is 24.9 Å². The Morgan fingerprint density at radius 2 is 2.00 bits per heavy atom. The van der Waals surface area contributed by atoms with Crippen LogP contribution in [-0.2, 0) is 11.2 Å². The molecule has 2 aliphatic heterocycles. The summed E-state index contributed by atoms with van der Waals surface area (Å²) in [5.74, 6) is 1.08. The lowest BCUT2D eigenvalue weighted by Crippen LogP contribution is -2.19. The van der Waals surface area contributed by atoms with Crippen LogP contribution < -0.4 is 4.74 Å². The number of carbonyl (C=O) groups excluding carboxylic acids is 1. The maximum Gasteiger partial charge on any atom is 0.573 e. The highest BCUT2D eigenvalue weighted by molar-refractivity contribution is 8.05. The molecule has 7 heteroatoms. The smallest absolute Gasteiger partial charge is 0.406 e. The molecule has 0 amide bonds. The van der Waals surface area contributed by atoms with Gasteiger partial charge in [0.05, 0.1) is 10.7 Å². The number of carbonyl (C=O) groups is 1. The van der Waals surface area contributed by atoms with E-state index in [1.807, 2.05) is 0 Å². The van der Waals surface area contributed by atoms with Crippen LogP contribution in [0.4, 0.5) is 13.2 Å². The van der Waals surface area contributed by atoms with Crippen LogP contribution in [0.5, 0.6) is 5.75 Å². The highest BCUT2D eigenvalue weighted by atomic mass is 32.2.